The molecule has 3 nitrogen and oxygen atoms in total. The fourth-order valence-electron chi connectivity index (χ4n) is 1.84. The van der Waals surface area contributed by atoms with Crippen molar-refractivity contribution in [1.82, 2.24) is 4.90 Å². The molecule has 1 aliphatic rings. The quantitative estimate of drug-likeness (QED) is 0.674. The molecule has 1 heterocycles. The number of amides is 1. The predicted molar refractivity (Wildman–Crippen MR) is 48.6 cm³/mol. The molecule has 0 aliphatic carbocycles. The topological polar surface area (TPSA) is 46.3 Å². The van der Waals surface area contributed by atoms with E-state index in [0.717, 1.165) is 25.9 Å². The van der Waals surface area contributed by atoms with Gasteiger partial charge in [0.05, 0.1) is 6.04 Å². The van der Waals surface area contributed by atoms with Crippen molar-refractivity contribution in [3.8, 4) is 0 Å². The lowest BCUT2D eigenvalue weighted by Crippen LogP contribution is -2.41. The molecule has 0 aromatic heterocycles. The molecule has 2 N–H and O–H groups in total. The van der Waals surface area contributed by atoms with Crippen molar-refractivity contribution < 1.29 is 4.79 Å². The number of carbonyl (C=O) groups is 1. The van der Waals surface area contributed by atoms with Crippen LogP contribution in [0.5, 0.6) is 0 Å². The summed E-state index contributed by atoms with van der Waals surface area (Å²) in [6.07, 6.45) is 2.06. The van der Waals surface area contributed by atoms with Crippen LogP contribution in [-0.2, 0) is 4.79 Å². The minimum Gasteiger partial charge on any atom is -0.368 e. The van der Waals surface area contributed by atoms with Crippen molar-refractivity contribution in [2.24, 2.45) is 11.7 Å². The van der Waals surface area contributed by atoms with Crippen molar-refractivity contribution in [3.05, 3.63) is 0 Å². The number of carbonyl (C=O) groups excluding carboxylic acids is 1. The molecule has 0 bridgehead atoms. The predicted octanol–water partition coefficient (Wildman–Crippen LogP) is 0.592. The second-order valence-corrected chi connectivity index (χ2v) is 3.95. The Bertz CT molecular complexity index is 168. The van der Waals surface area contributed by atoms with Crippen LogP contribution in [-0.4, -0.2) is 29.9 Å². The Morgan fingerprint density at radius 2 is 2.33 bits per heavy atom. The van der Waals surface area contributed by atoms with E-state index in [9.17, 15) is 4.79 Å². The van der Waals surface area contributed by atoms with Crippen molar-refractivity contribution in [2.45, 2.75) is 32.7 Å². The number of nitrogens with zero attached hydrogens (tertiary/aromatic N) is 1. The molecule has 1 rings (SSSR count). The number of likely N-dealkylation sites (tertiary alicyclic amines) is 1. The van der Waals surface area contributed by atoms with Crippen LogP contribution in [0.25, 0.3) is 0 Å². The second kappa shape index (κ2) is 3.90. The molecule has 12 heavy (non-hydrogen) atoms. The molecule has 1 atom stereocenters. The van der Waals surface area contributed by atoms with Gasteiger partial charge in [0.25, 0.3) is 0 Å². The van der Waals surface area contributed by atoms with Crippen molar-refractivity contribution in [2.75, 3.05) is 13.1 Å². The summed E-state index contributed by atoms with van der Waals surface area (Å²) in [5.41, 5.74) is 5.28. The van der Waals surface area contributed by atoms with E-state index in [1.54, 1.807) is 0 Å². The zero-order valence-corrected chi connectivity index (χ0v) is 7.92. The van der Waals surface area contributed by atoms with Gasteiger partial charge in [0.15, 0.2) is 0 Å². The standard InChI is InChI=1S/C9H18N2O/c1-7(2)6-11-5-3-4-8(11)9(10)12/h7-8H,3-6H2,1-2H3,(H2,10,12)/t8-/m0/s1. The second-order valence-electron chi connectivity index (χ2n) is 3.95. The summed E-state index contributed by atoms with van der Waals surface area (Å²) in [6.45, 7) is 6.35. The highest BCUT2D eigenvalue weighted by Gasteiger charge is 2.28. The average Bonchev–Trinajstić information content (AvgIpc) is 2.33. The normalized spacial score (nSPS) is 25.1. The highest BCUT2D eigenvalue weighted by Crippen LogP contribution is 2.17. The van der Waals surface area contributed by atoms with Gasteiger partial charge in [0.2, 0.25) is 5.91 Å². The van der Waals surface area contributed by atoms with Gasteiger partial charge in [-0.25, -0.2) is 0 Å². The molecule has 1 fully saturated rings. The van der Waals surface area contributed by atoms with E-state index in [2.05, 4.69) is 18.7 Å². The monoisotopic (exact) mass is 170 g/mol. The number of hydrogen-bond donors (Lipinski definition) is 1. The smallest absolute Gasteiger partial charge is 0.234 e. The van der Waals surface area contributed by atoms with Crippen LogP contribution in [0.1, 0.15) is 26.7 Å². The van der Waals surface area contributed by atoms with Gasteiger partial charge < -0.3 is 5.73 Å². The SMILES string of the molecule is CC(C)CN1CCC[C@H]1C(N)=O. The molecule has 0 saturated carbocycles. The molecule has 1 saturated heterocycles. The van der Waals surface area contributed by atoms with Crippen LogP contribution in [0.2, 0.25) is 0 Å². The first-order valence-corrected chi connectivity index (χ1v) is 4.64. The largest absolute Gasteiger partial charge is 0.368 e. The molecule has 3 heteroatoms. The summed E-state index contributed by atoms with van der Waals surface area (Å²) in [7, 11) is 0. The minimum absolute atomic E-state index is 0.00685. The van der Waals surface area contributed by atoms with Crippen molar-refractivity contribution in [1.29, 1.82) is 0 Å². The molecule has 0 unspecified atom stereocenters. The van der Waals surface area contributed by atoms with E-state index in [-0.39, 0.29) is 11.9 Å². The Hall–Kier alpha value is -0.570. The Morgan fingerprint density at radius 3 is 2.83 bits per heavy atom. The van der Waals surface area contributed by atoms with Gasteiger partial charge in [-0.15, -0.1) is 0 Å². The Morgan fingerprint density at radius 1 is 1.67 bits per heavy atom. The fourth-order valence-corrected chi connectivity index (χ4v) is 1.84. The summed E-state index contributed by atoms with van der Waals surface area (Å²) >= 11 is 0. The van der Waals surface area contributed by atoms with Crippen LogP contribution in [0.15, 0.2) is 0 Å². The van der Waals surface area contributed by atoms with Gasteiger partial charge in [-0.05, 0) is 25.3 Å². The first-order valence-electron chi connectivity index (χ1n) is 4.64. The molecule has 1 amide bonds. The van der Waals surface area contributed by atoms with E-state index in [0.29, 0.717) is 5.92 Å². The van der Waals surface area contributed by atoms with E-state index >= 15 is 0 Å². The van der Waals surface area contributed by atoms with Gasteiger partial charge in [-0.3, -0.25) is 9.69 Å². The number of rotatable bonds is 3. The van der Waals surface area contributed by atoms with Gasteiger partial charge in [-0.2, -0.15) is 0 Å². The van der Waals surface area contributed by atoms with Gasteiger partial charge in [0.1, 0.15) is 0 Å². The highest BCUT2D eigenvalue weighted by molar-refractivity contribution is 5.80. The molecule has 0 aromatic carbocycles. The molecular formula is C9H18N2O. The first kappa shape index (κ1) is 9.52. The van der Waals surface area contributed by atoms with Gasteiger partial charge in [-0.1, -0.05) is 13.8 Å². The molecular weight excluding hydrogens is 152 g/mol. The molecule has 0 spiro atoms. The fraction of sp³-hybridized carbons (Fsp3) is 0.889. The number of hydrogen-bond acceptors (Lipinski definition) is 2. The van der Waals surface area contributed by atoms with E-state index in [1.807, 2.05) is 0 Å². The van der Waals surface area contributed by atoms with Gasteiger partial charge >= 0.3 is 0 Å². The third-order valence-corrected chi connectivity index (χ3v) is 2.29. The van der Waals surface area contributed by atoms with E-state index in [1.165, 1.54) is 0 Å². The van der Waals surface area contributed by atoms with Crippen LogP contribution >= 0.6 is 0 Å². The van der Waals surface area contributed by atoms with Crippen LogP contribution < -0.4 is 5.73 Å². The van der Waals surface area contributed by atoms with E-state index in [4.69, 9.17) is 5.73 Å². The third kappa shape index (κ3) is 2.21. The maximum atomic E-state index is 11.0. The molecule has 1 aliphatic heterocycles. The first-order chi connectivity index (χ1) is 5.61. The maximum Gasteiger partial charge on any atom is 0.234 e. The molecule has 0 radical (unpaired) electrons. The number of primary amides is 1. The highest BCUT2D eigenvalue weighted by atomic mass is 16.1. The average molecular weight is 170 g/mol. The Labute approximate surface area is 73.9 Å². The summed E-state index contributed by atoms with van der Waals surface area (Å²) in [5, 5.41) is 0. The number of nitrogens with two attached hydrogens (primary N) is 1. The Balaban J connectivity index is 2.46. The lowest BCUT2D eigenvalue weighted by molar-refractivity contribution is -0.122. The summed E-state index contributed by atoms with van der Waals surface area (Å²) in [6, 6.07) is 0.00685. The molecule has 70 valence electrons. The zero-order valence-electron chi connectivity index (χ0n) is 7.92. The lowest BCUT2D eigenvalue weighted by atomic mass is 10.1. The summed E-state index contributed by atoms with van der Waals surface area (Å²) in [4.78, 5) is 13.2. The summed E-state index contributed by atoms with van der Waals surface area (Å²) < 4.78 is 0. The van der Waals surface area contributed by atoms with Crippen molar-refractivity contribution >= 4 is 5.91 Å². The Kier molecular flexibility index (Phi) is 3.09. The third-order valence-electron chi connectivity index (χ3n) is 2.29. The van der Waals surface area contributed by atoms with Crippen LogP contribution in [0.4, 0.5) is 0 Å². The minimum atomic E-state index is -0.159. The molecule has 0 aromatic rings. The zero-order chi connectivity index (χ0) is 9.14. The van der Waals surface area contributed by atoms with E-state index < -0.39 is 0 Å². The lowest BCUT2D eigenvalue weighted by Gasteiger charge is -2.23. The van der Waals surface area contributed by atoms with Gasteiger partial charge in [0, 0.05) is 6.54 Å². The van der Waals surface area contributed by atoms with Crippen molar-refractivity contribution in [3.63, 3.8) is 0 Å². The maximum absolute atomic E-state index is 11.0. The van der Waals surface area contributed by atoms with Crippen LogP contribution in [0, 0.1) is 5.92 Å². The summed E-state index contributed by atoms with van der Waals surface area (Å²) in [5.74, 6) is 0.457. The van der Waals surface area contributed by atoms with Crippen LogP contribution in [0.3, 0.4) is 0 Å².